The van der Waals surface area contributed by atoms with Crippen molar-refractivity contribution in [3.8, 4) is 0 Å². The third-order valence-electron chi connectivity index (χ3n) is 6.94. The van der Waals surface area contributed by atoms with E-state index >= 15 is 0 Å². The number of carbonyl (C=O) groups excluding carboxylic acids is 1. The zero-order valence-corrected chi connectivity index (χ0v) is 19.0. The molecule has 5 rings (SSSR count). The summed E-state index contributed by atoms with van der Waals surface area (Å²) in [6.45, 7) is 2.09. The van der Waals surface area contributed by atoms with Gasteiger partial charge in [0.1, 0.15) is 22.7 Å². The third kappa shape index (κ3) is 3.64. The fourth-order valence-electron chi connectivity index (χ4n) is 5.43. The fraction of sp³-hybridized carbons (Fsp3) is 0.478. The Morgan fingerprint density at radius 1 is 1.21 bits per heavy atom. The molecule has 1 saturated carbocycles. The van der Waals surface area contributed by atoms with Gasteiger partial charge in [0.15, 0.2) is 0 Å². The van der Waals surface area contributed by atoms with Crippen LogP contribution in [0.1, 0.15) is 50.3 Å². The fourth-order valence-corrected chi connectivity index (χ4v) is 5.69. The van der Waals surface area contributed by atoms with Crippen LogP contribution >= 0.6 is 11.6 Å². The SMILES string of the molecule is Cc1onc2c1c(=O)n(C1CCCC(NC(=O)C3CCCN3C(=O)O)C1)c1cccc(Cl)c21. The van der Waals surface area contributed by atoms with E-state index in [2.05, 4.69) is 10.5 Å². The van der Waals surface area contributed by atoms with Crippen molar-refractivity contribution in [3.63, 3.8) is 0 Å². The van der Waals surface area contributed by atoms with E-state index in [1.165, 1.54) is 4.90 Å². The highest BCUT2D eigenvalue weighted by Gasteiger charge is 2.36. The van der Waals surface area contributed by atoms with Gasteiger partial charge in [0.05, 0.1) is 10.5 Å². The first-order valence-electron chi connectivity index (χ1n) is 11.3. The van der Waals surface area contributed by atoms with Crippen molar-refractivity contribution in [2.24, 2.45) is 0 Å². The summed E-state index contributed by atoms with van der Waals surface area (Å²) < 4.78 is 7.10. The van der Waals surface area contributed by atoms with Crippen LogP contribution in [0.5, 0.6) is 0 Å². The van der Waals surface area contributed by atoms with Gasteiger partial charge in [0, 0.05) is 24.0 Å². The number of likely N-dealkylation sites (tertiary alicyclic amines) is 1. The molecule has 3 unspecified atom stereocenters. The topological polar surface area (TPSA) is 118 Å². The van der Waals surface area contributed by atoms with Gasteiger partial charge in [-0.25, -0.2) is 4.79 Å². The lowest BCUT2D eigenvalue weighted by Crippen LogP contribution is -2.49. The molecule has 0 radical (unpaired) electrons. The van der Waals surface area contributed by atoms with E-state index in [-0.39, 0.29) is 23.6 Å². The average molecular weight is 473 g/mol. The van der Waals surface area contributed by atoms with Crippen LogP contribution in [0.3, 0.4) is 0 Å². The first-order valence-corrected chi connectivity index (χ1v) is 11.6. The predicted octanol–water partition coefficient (Wildman–Crippen LogP) is 3.85. The number of aryl methyl sites for hydroxylation is 1. The number of aromatic nitrogens is 2. The summed E-state index contributed by atoms with van der Waals surface area (Å²) in [5.41, 5.74) is 0.978. The van der Waals surface area contributed by atoms with Crippen LogP contribution in [0.2, 0.25) is 5.02 Å². The van der Waals surface area contributed by atoms with Gasteiger partial charge >= 0.3 is 6.09 Å². The van der Waals surface area contributed by atoms with E-state index in [0.29, 0.717) is 58.4 Å². The van der Waals surface area contributed by atoms with E-state index < -0.39 is 12.1 Å². The highest BCUT2D eigenvalue weighted by atomic mass is 35.5. The number of rotatable bonds is 3. The highest BCUT2D eigenvalue weighted by molar-refractivity contribution is 6.37. The van der Waals surface area contributed by atoms with Gasteiger partial charge in [-0.3, -0.25) is 14.5 Å². The summed E-state index contributed by atoms with van der Waals surface area (Å²) in [4.78, 5) is 39.0. The number of hydrogen-bond acceptors (Lipinski definition) is 5. The number of nitrogens with zero attached hydrogens (tertiary/aromatic N) is 3. The summed E-state index contributed by atoms with van der Waals surface area (Å²) in [7, 11) is 0. The molecule has 1 aromatic carbocycles. The molecule has 2 N–H and O–H groups in total. The van der Waals surface area contributed by atoms with Crippen LogP contribution in [-0.2, 0) is 4.79 Å². The number of nitrogens with one attached hydrogen (secondary N) is 1. The molecular weight excluding hydrogens is 448 g/mol. The number of pyridine rings is 1. The van der Waals surface area contributed by atoms with Crippen molar-refractivity contribution in [1.29, 1.82) is 0 Å². The average Bonchev–Trinajstić information content (AvgIpc) is 3.42. The van der Waals surface area contributed by atoms with E-state index in [1.54, 1.807) is 17.6 Å². The van der Waals surface area contributed by atoms with Gasteiger partial charge < -0.3 is 19.5 Å². The van der Waals surface area contributed by atoms with E-state index in [4.69, 9.17) is 16.1 Å². The van der Waals surface area contributed by atoms with Gasteiger partial charge in [0.2, 0.25) is 5.91 Å². The number of carboxylic acid groups (broad SMARTS) is 1. The summed E-state index contributed by atoms with van der Waals surface area (Å²) in [5.74, 6) is 0.187. The second-order valence-corrected chi connectivity index (χ2v) is 9.34. The summed E-state index contributed by atoms with van der Waals surface area (Å²) in [6.07, 6.45) is 3.11. The Bertz CT molecular complexity index is 1320. The lowest BCUT2D eigenvalue weighted by molar-refractivity contribution is -0.126. The highest BCUT2D eigenvalue weighted by Crippen LogP contribution is 2.35. The molecule has 2 fully saturated rings. The first kappa shape index (κ1) is 21.8. The van der Waals surface area contributed by atoms with E-state index in [0.717, 1.165) is 19.3 Å². The van der Waals surface area contributed by atoms with Crippen LogP contribution in [0.4, 0.5) is 4.79 Å². The number of fused-ring (bicyclic) bond motifs is 3. The third-order valence-corrected chi connectivity index (χ3v) is 7.26. The lowest BCUT2D eigenvalue weighted by Gasteiger charge is -2.33. The molecule has 2 aromatic heterocycles. The molecule has 9 nitrogen and oxygen atoms in total. The number of hydrogen-bond donors (Lipinski definition) is 2. The van der Waals surface area contributed by atoms with Crippen molar-refractivity contribution in [2.75, 3.05) is 6.54 Å². The molecule has 1 aliphatic heterocycles. The molecule has 0 spiro atoms. The molecule has 0 bridgehead atoms. The Labute approximate surface area is 194 Å². The molecule has 174 valence electrons. The Morgan fingerprint density at radius 3 is 2.82 bits per heavy atom. The van der Waals surface area contributed by atoms with Crippen molar-refractivity contribution >= 4 is 45.4 Å². The maximum atomic E-state index is 13.6. The first-order chi connectivity index (χ1) is 15.9. The van der Waals surface area contributed by atoms with Crippen molar-refractivity contribution in [3.05, 3.63) is 39.3 Å². The van der Waals surface area contributed by atoms with Crippen LogP contribution in [-0.4, -0.2) is 50.4 Å². The molecule has 10 heteroatoms. The van der Waals surface area contributed by atoms with E-state index in [1.807, 2.05) is 12.1 Å². The Morgan fingerprint density at radius 2 is 2.03 bits per heavy atom. The molecule has 1 aliphatic carbocycles. The van der Waals surface area contributed by atoms with Gasteiger partial charge in [-0.05, 0) is 57.6 Å². The smallest absolute Gasteiger partial charge is 0.407 e. The van der Waals surface area contributed by atoms with Gasteiger partial charge in [-0.2, -0.15) is 0 Å². The second kappa shape index (κ2) is 8.37. The molecule has 3 aromatic rings. The van der Waals surface area contributed by atoms with Crippen molar-refractivity contribution < 1.29 is 19.2 Å². The number of benzene rings is 1. The standard InChI is InChI=1S/C23H25ClN4O5/c1-12-18-20(26-33-12)19-15(24)7-3-8-16(19)28(22(18)30)14-6-2-5-13(11-14)25-21(29)17-9-4-10-27(17)23(31)32/h3,7-8,13-14,17H,2,4-6,9-11H2,1H3,(H,25,29)(H,31,32). The van der Waals surface area contributed by atoms with Crippen LogP contribution in [0.15, 0.2) is 27.5 Å². The monoisotopic (exact) mass is 472 g/mol. The number of amides is 2. The summed E-state index contributed by atoms with van der Waals surface area (Å²) in [5, 5.41) is 18.1. The lowest BCUT2D eigenvalue weighted by atomic mass is 9.90. The van der Waals surface area contributed by atoms with E-state index in [9.17, 15) is 19.5 Å². The predicted molar refractivity (Wildman–Crippen MR) is 123 cm³/mol. The van der Waals surface area contributed by atoms with Crippen LogP contribution in [0.25, 0.3) is 21.8 Å². The Hall–Kier alpha value is -3.07. The summed E-state index contributed by atoms with van der Waals surface area (Å²) >= 11 is 6.51. The van der Waals surface area contributed by atoms with Gasteiger partial charge in [-0.1, -0.05) is 22.8 Å². The molecule has 2 aliphatic rings. The second-order valence-electron chi connectivity index (χ2n) is 8.93. The molecule has 1 saturated heterocycles. The summed E-state index contributed by atoms with van der Waals surface area (Å²) in [6, 6.07) is 4.49. The maximum Gasteiger partial charge on any atom is 0.407 e. The van der Waals surface area contributed by atoms with Crippen molar-refractivity contribution in [1.82, 2.24) is 19.9 Å². The maximum absolute atomic E-state index is 13.6. The number of halogens is 1. The minimum atomic E-state index is -1.07. The zero-order chi connectivity index (χ0) is 23.3. The molecule has 33 heavy (non-hydrogen) atoms. The quantitative estimate of drug-likeness (QED) is 0.597. The normalized spacial score (nSPS) is 23.3. The minimum absolute atomic E-state index is 0.143. The zero-order valence-electron chi connectivity index (χ0n) is 18.2. The molecule has 3 heterocycles. The number of carbonyl (C=O) groups is 2. The Kier molecular flexibility index (Phi) is 5.52. The van der Waals surface area contributed by atoms with Crippen LogP contribution in [0, 0.1) is 6.92 Å². The largest absolute Gasteiger partial charge is 0.465 e. The minimum Gasteiger partial charge on any atom is -0.465 e. The molecule has 2 amide bonds. The van der Waals surface area contributed by atoms with Crippen LogP contribution < -0.4 is 10.9 Å². The van der Waals surface area contributed by atoms with Gasteiger partial charge in [0.25, 0.3) is 5.56 Å². The van der Waals surface area contributed by atoms with Gasteiger partial charge in [-0.15, -0.1) is 0 Å². The molecular formula is C23H25ClN4O5. The molecule has 3 atom stereocenters. The Balaban J connectivity index is 1.48. The van der Waals surface area contributed by atoms with Crippen molar-refractivity contribution in [2.45, 2.75) is 63.6 Å².